The minimum Gasteiger partial charge on any atom is -0.494 e. The van der Waals surface area contributed by atoms with Gasteiger partial charge >= 0.3 is 5.69 Å². The molecule has 2 N–H and O–H groups in total. The first-order valence-electron chi connectivity index (χ1n) is 8.56. The molecule has 0 spiro atoms. The Bertz CT molecular complexity index is 1280. The Hall–Kier alpha value is -3.19. The van der Waals surface area contributed by atoms with Crippen molar-refractivity contribution in [3.05, 3.63) is 84.0 Å². The van der Waals surface area contributed by atoms with Gasteiger partial charge in [-0.25, -0.2) is 9.36 Å². The van der Waals surface area contributed by atoms with Gasteiger partial charge in [0.05, 0.1) is 11.4 Å². The molecule has 2 heterocycles. The largest absolute Gasteiger partial charge is 0.494 e. The van der Waals surface area contributed by atoms with Gasteiger partial charge in [0.25, 0.3) is 5.56 Å². The van der Waals surface area contributed by atoms with E-state index in [0.717, 1.165) is 31.4 Å². The Labute approximate surface area is 168 Å². The number of nitrogens with one attached hydrogen (secondary N) is 1. The van der Waals surface area contributed by atoms with Gasteiger partial charge in [-0.2, -0.15) is 0 Å². The predicted octanol–water partition coefficient (Wildman–Crippen LogP) is 3.87. The zero-order valence-corrected chi connectivity index (χ0v) is 16.7. The van der Waals surface area contributed by atoms with Gasteiger partial charge in [0.15, 0.2) is 0 Å². The molecule has 0 aliphatic carbocycles. The van der Waals surface area contributed by atoms with Crippen LogP contribution in [0.1, 0.15) is 22.3 Å². The zero-order valence-electron chi connectivity index (χ0n) is 15.2. The van der Waals surface area contributed by atoms with E-state index in [1.807, 2.05) is 38.1 Å². The number of hydrogen-bond acceptors (Lipinski definition) is 4. The lowest BCUT2D eigenvalue weighted by Crippen LogP contribution is -2.30. The van der Waals surface area contributed by atoms with Crippen LogP contribution in [0.25, 0.3) is 17.3 Å². The highest BCUT2D eigenvalue weighted by atomic mass is 79.9. The Morgan fingerprint density at radius 2 is 1.82 bits per heavy atom. The molecule has 0 saturated carbocycles. The summed E-state index contributed by atoms with van der Waals surface area (Å²) in [4.78, 5) is 31.4. The maximum atomic E-state index is 12.4. The molecule has 140 valence electrons. The molecule has 0 fully saturated rings. The molecule has 0 bridgehead atoms. The van der Waals surface area contributed by atoms with E-state index in [1.54, 1.807) is 18.3 Å². The van der Waals surface area contributed by atoms with Crippen LogP contribution in [0, 0.1) is 13.8 Å². The number of hydrogen-bond donors (Lipinski definition) is 2. The number of halogens is 1. The van der Waals surface area contributed by atoms with Gasteiger partial charge < -0.3 is 5.11 Å². The maximum Gasteiger partial charge on any atom is 0.335 e. The fraction of sp³-hybridized carbons (Fsp3) is 0.0952. The van der Waals surface area contributed by atoms with Crippen molar-refractivity contribution in [2.24, 2.45) is 4.99 Å². The Morgan fingerprint density at radius 1 is 1.11 bits per heavy atom. The van der Waals surface area contributed by atoms with Crippen LogP contribution in [0.2, 0.25) is 0 Å². The average Bonchev–Trinajstić information content (AvgIpc) is 2.99. The number of nitrogens with zero attached hydrogens (tertiary/aromatic N) is 2. The van der Waals surface area contributed by atoms with Gasteiger partial charge in [0, 0.05) is 21.8 Å². The Balaban J connectivity index is 1.94. The molecule has 0 radical (unpaired) electrons. The van der Waals surface area contributed by atoms with E-state index in [9.17, 15) is 14.7 Å². The summed E-state index contributed by atoms with van der Waals surface area (Å²) in [7, 11) is 0. The smallest absolute Gasteiger partial charge is 0.335 e. The number of benzene rings is 2. The zero-order chi connectivity index (χ0) is 20.0. The summed E-state index contributed by atoms with van der Waals surface area (Å²) in [6.45, 7) is 3.80. The molecule has 3 aromatic rings. The van der Waals surface area contributed by atoms with Gasteiger partial charge in [0.1, 0.15) is 5.56 Å². The van der Waals surface area contributed by atoms with E-state index in [0.29, 0.717) is 11.3 Å². The average molecular weight is 438 g/mol. The third-order valence-electron chi connectivity index (χ3n) is 4.50. The predicted molar refractivity (Wildman–Crippen MR) is 114 cm³/mol. The van der Waals surface area contributed by atoms with Crippen LogP contribution in [0.5, 0.6) is 5.88 Å². The van der Waals surface area contributed by atoms with Crippen LogP contribution in [-0.4, -0.2) is 20.9 Å². The van der Waals surface area contributed by atoms with Crippen LogP contribution < -0.4 is 11.2 Å². The number of aromatic amines is 1. The fourth-order valence-electron chi connectivity index (χ4n) is 3.32. The second kappa shape index (κ2) is 6.76. The molecule has 6 nitrogen and oxygen atoms in total. The number of allylic oxidation sites excluding steroid dienone is 1. The molecule has 0 atom stereocenters. The maximum absolute atomic E-state index is 12.4. The van der Waals surface area contributed by atoms with Gasteiger partial charge in [-0.05, 0) is 61.4 Å². The van der Waals surface area contributed by atoms with Gasteiger partial charge in [-0.15, -0.1) is 0 Å². The number of aromatic hydroxyl groups is 1. The second-order valence-electron chi connectivity index (χ2n) is 6.70. The molecule has 4 rings (SSSR count). The summed E-state index contributed by atoms with van der Waals surface area (Å²) in [5.74, 6) is -0.414. The quantitative estimate of drug-likeness (QED) is 0.637. The molecule has 0 unspecified atom stereocenters. The van der Waals surface area contributed by atoms with Crippen molar-refractivity contribution in [3.8, 4) is 11.6 Å². The highest BCUT2D eigenvalue weighted by Gasteiger charge is 2.18. The summed E-state index contributed by atoms with van der Waals surface area (Å²) in [5.41, 5.74) is 3.27. The van der Waals surface area contributed by atoms with Crippen molar-refractivity contribution in [2.75, 3.05) is 0 Å². The van der Waals surface area contributed by atoms with E-state index in [1.165, 1.54) is 6.08 Å². The molecular weight excluding hydrogens is 422 g/mol. The number of H-pyrrole nitrogens is 1. The number of aromatic nitrogens is 2. The Kier molecular flexibility index (Phi) is 4.39. The minimum atomic E-state index is -0.696. The molecule has 1 aromatic heterocycles. The lowest BCUT2D eigenvalue weighted by molar-refractivity contribution is 0.429. The number of fused-ring (bicyclic) bond motifs is 1. The van der Waals surface area contributed by atoms with Crippen LogP contribution in [0.4, 0.5) is 5.69 Å². The van der Waals surface area contributed by atoms with Crippen molar-refractivity contribution in [1.29, 1.82) is 0 Å². The van der Waals surface area contributed by atoms with E-state index in [-0.39, 0.29) is 5.56 Å². The van der Waals surface area contributed by atoms with Crippen LogP contribution in [0.3, 0.4) is 0 Å². The van der Waals surface area contributed by atoms with Gasteiger partial charge in [0.2, 0.25) is 5.88 Å². The molecule has 0 saturated heterocycles. The second-order valence-corrected chi connectivity index (χ2v) is 7.61. The lowest BCUT2D eigenvalue weighted by atomic mass is 10.1. The highest BCUT2D eigenvalue weighted by molar-refractivity contribution is 9.10. The summed E-state index contributed by atoms with van der Waals surface area (Å²) in [6.07, 6.45) is 3.16. The standard InChI is InChI=1S/C21H16BrN3O3/c1-11-5-12(2)7-15(6-11)25-20(27)17(19(26)24-21(25)28)8-13-10-23-18-4-3-14(22)9-16(13)18/h3-10,27H,1-2H3,(H,24,26,28)/b13-8+. The molecule has 2 aromatic carbocycles. The molecule has 1 aliphatic rings. The molecule has 28 heavy (non-hydrogen) atoms. The third kappa shape index (κ3) is 3.14. The third-order valence-corrected chi connectivity index (χ3v) is 4.99. The summed E-state index contributed by atoms with van der Waals surface area (Å²) >= 11 is 3.43. The number of aryl methyl sites for hydroxylation is 2. The van der Waals surface area contributed by atoms with E-state index < -0.39 is 17.1 Å². The van der Waals surface area contributed by atoms with Crippen molar-refractivity contribution < 1.29 is 5.11 Å². The number of rotatable bonds is 2. The monoisotopic (exact) mass is 437 g/mol. The van der Waals surface area contributed by atoms with Crippen LogP contribution >= 0.6 is 15.9 Å². The first-order valence-corrected chi connectivity index (χ1v) is 9.35. The fourth-order valence-corrected chi connectivity index (χ4v) is 3.68. The Morgan fingerprint density at radius 3 is 2.54 bits per heavy atom. The summed E-state index contributed by atoms with van der Waals surface area (Å²) in [6, 6.07) is 11.1. The van der Waals surface area contributed by atoms with Crippen molar-refractivity contribution in [1.82, 2.24) is 9.55 Å². The first kappa shape index (κ1) is 18.2. The van der Waals surface area contributed by atoms with Gasteiger partial charge in [-0.3, -0.25) is 14.8 Å². The SMILES string of the molecule is Cc1cc(C)cc(-n2c(O)c(/C=C3\C=Nc4ccc(Br)cc43)c(=O)[nH]c2=O)c1. The summed E-state index contributed by atoms with van der Waals surface area (Å²) < 4.78 is 1.97. The first-order chi connectivity index (χ1) is 13.3. The van der Waals surface area contributed by atoms with E-state index >= 15 is 0 Å². The minimum absolute atomic E-state index is 0.00645. The van der Waals surface area contributed by atoms with Crippen molar-refractivity contribution in [3.63, 3.8) is 0 Å². The van der Waals surface area contributed by atoms with E-state index in [2.05, 4.69) is 25.9 Å². The van der Waals surface area contributed by atoms with Crippen molar-refractivity contribution in [2.45, 2.75) is 13.8 Å². The van der Waals surface area contributed by atoms with Crippen molar-refractivity contribution >= 4 is 39.5 Å². The van der Waals surface area contributed by atoms with Crippen LogP contribution in [0.15, 0.2) is 55.5 Å². The summed E-state index contributed by atoms with van der Waals surface area (Å²) in [5, 5.41) is 10.8. The number of aliphatic imine (C=N–C) groups is 1. The van der Waals surface area contributed by atoms with Gasteiger partial charge in [-0.1, -0.05) is 22.0 Å². The van der Waals surface area contributed by atoms with E-state index in [4.69, 9.17) is 0 Å². The lowest BCUT2D eigenvalue weighted by Gasteiger charge is -2.12. The molecule has 7 heteroatoms. The topological polar surface area (TPSA) is 87.4 Å². The van der Waals surface area contributed by atoms with Crippen LogP contribution in [-0.2, 0) is 0 Å². The highest BCUT2D eigenvalue weighted by Crippen LogP contribution is 2.35. The normalized spacial score (nSPS) is 13.9. The molecule has 1 aliphatic heterocycles. The molecular formula is C21H16BrN3O3. The molecule has 0 amide bonds.